The van der Waals surface area contributed by atoms with E-state index in [4.69, 9.17) is 0 Å². The first-order valence-electron chi connectivity index (χ1n) is 4.05. The van der Waals surface area contributed by atoms with Crippen LogP contribution in [0.2, 0.25) is 0 Å². The van der Waals surface area contributed by atoms with Crippen LogP contribution in [0.15, 0.2) is 23.1 Å². The Morgan fingerprint density at radius 3 is 2.71 bits per heavy atom. The maximum absolute atomic E-state index is 11.2. The highest BCUT2D eigenvalue weighted by Crippen LogP contribution is 2.24. The van der Waals surface area contributed by atoms with Crippen molar-refractivity contribution in [1.82, 2.24) is 0 Å². The summed E-state index contributed by atoms with van der Waals surface area (Å²) in [6, 6.07) is 0. The van der Waals surface area contributed by atoms with Crippen LogP contribution in [-0.2, 0) is 24.9 Å². The minimum atomic E-state index is -1.70. The lowest BCUT2D eigenvalue weighted by atomic mass is 10.1. The SMILES string of the molecule is C=CC(=O)CCC1=C(C)C(=O)OS1=O. The Labute approximate surface area is 84.3 Å². The molecule has 1 heterocycles. The van der Waals surface area contributed by atoms with Crippen LogP contribution in [0.1, 0.15) is 19.8 Å². The third-order valence-corrected chi connectivity index (χ3v) is 3.12. The van der Waals surface area contributed by atoms with Crippen molar-refractivity contribution in [3.8, 4) is 0 Å². The molecule has 0 spiro atoms. The van der Waals surface area contributed by atoms with E-state index in [1.807, 2.05) is 0 Å². The topological polar surface area (TPSA) is 60.4 Å². The van der Waals surface area contributed by atoms with Gasteiger partial charge in [-0.05, 0) is 19.4 Å². The second kappa shape index (κ2) is 4.32. The zero-order valence-corrected chi connectivity index (χ0v) is 8.56. The lowest BCUT2D eigenvalue weighted by Gasteiger charge is -1.96. The maximum atomic E-state index is 11.2. The first kappa shape index (κ1) is 10.8. The first-order chi connectivity index (χ1) is 6.56. The van der Waals surface area contributed by atoms with E-state index < -0.39 is 17.0 Å². The average Bonchev–Trinajstić information content (AvgIpc) is 2.39. The van der Waals surface area contributed by atoms with Gasteiger partial charge >= 0.3 is 5.97 Å². The summed E-state index contributed by atoms with van der Waals surface area (Å²) in [5.41, 5.74) is 0.347. The number of hydrogen-bond donors (Lipinski definition) is 0. The highest BCUT2D eigenvalue weighted by molar-refractivity contribution is 7.85. The molecular formula is C9H10O4S. The van der Waals surface area contributed by atoms with Gasteiger partial charge in [0.05, 0.1) is 10.5 Å². The molecule has 1 aliphatic rings. The van der Waals surface area contributed by atoms with Gasteiger partial charge in [0.2, 0.25) is 11.1 Å². The molecule has 0 saturated carbocycles. The quantitative estimate of drug-likeness (QED) is 0.655. The van der Waals surface area contributed by atoms with Gasteiger partial charge in [-0.15, -0.1) is 0 Å². The molecule has 1 rings (SSSR count). The Balaban J connectivity index is 2.68. The normalized spacial score (nSPS) is 20.9. The first-order valence-corrected chi connectivity index (χ1v) is 5.13. The van der Waals surface area contributed by atoms with Gasteiger partial charge in [-0.25, -0.2) is 9.00 Å². The molecule has 0 N–H and O–H groups in total. The lowest BCUT2D eigenvalue weighted by molar-refractivity contribution is -0.128. The van der Waals surface area contributed by atoms with Crippen molar-refractivity contribution in [3.05, 3.63) is 23.1 Å². The van der Waals surface area contributed by atoms with Crippen molar-refractivity contribution in [3.63, 3.8) is 0 Å². The van der Waals surface area contributed by atoms with Crippen molar-refractivity contribution in [1.29, 1.82) is 0 Å². The van der Waals surface area contributed by atoms with E-state index in [0.29, 0.717) is 10.5 Å². The van der Waals surface area contributed by atoms with Crippen LogP contribution in [0.25, 0.3) is 0 Å². The van der Waals surface area contributed by atoms with Crippen molar-refractivity contribution in [2.45, 2.75) is 19.8 Å². The third kappa shape index (κ3) is 2.17. The summed E-state index contributed by atoms with van der Waals surface area (Å²) in [6.45, 7) is 4.86. The van der Waals surface area contributed by atoms with E-state index in [9.17, 15) is 13.8 Å². The molecule has 5 heteroatoms. The summed E-state index contributed by atoms with van der Waals surface area (Å²) in [4.78, 5) is 22.2. The van der Waals surface area contributed by atoms with Crippen LogP contribution >= 0.6 is 0 Å². The van der Waals surface area contributed by atoms with E-state index in [1.165, 1.54) is 6.08 Å². The molecule has 0 amide bonds. The Hall–Kier alpha value is -1.23. The van der Waals surface area contributed by atoms with Crippen LogP contribution in [0.5, 0.6) is 0 Å². The van der Waals surface area contributed by atoms with Crippen LogP contribution in [-0.4, -0.2) is 16.0 Å². The van der Waals surface area contributed by atoms with Crippen LogP contribution in [0.3, 0.4) is 0 Å². The smallest absolute Gasteiger partial charge is 0.348 e. The molecule has 1 aliphatic heterocycles. The van der Waals surface area contributed by atoms with E-state index >= 15 is 0 Å². The van der Waals surface area contributed by atoms with Gasteiger partial charge in [-0.3, -0.25) is 4.79 Å². The van der Waals surface area contributed by atoms with Crippen molar-refractivity contribution >= 4 is 22.8 Å². The van der Waals surface area contributed by atoms with Gasteiger partial charge < -0.3 is 4.18 Å². The minimum absolute atomic E-state index is 0.137. The molecule has 0 aliphatic carbocycles. The second-order valence-corrected chi connectivity index (χ2v) is 3.95. The summed E-state index contributed by atoms with van der Waals surface area (Å²) in [5.74, 6) is -0.703. The van der Waals surface area contributed by atoms with E-state index in [-0.39, 0.29) is 18.6 Å². The fourth-order valence-corrected chi connectivity index (χ4v) is 2.00. The molecular weight excluding hydrogens is 204 g/mol. The molecule has 0 aromatic rings. The second-order valence-electron chi connectivity index (χ2n) is 2.82. The zero-order valence-electron chi connectivity index (χ0n) is 7.74. The summed E-state index contributed by atoms with van der Waals surface area (Å²) in [6.07, 6.45) is 1.70. The average molecular weight is 214 g/mol. The minimum Gasteiger partial charge on any atom is -0.357 e. The number of rotatable bonds is 4. The van der Waals surface area contributed by atoms with E-state index in [0.717, 1.165) is 0 Å². The number of ketones is 1. The van der Waals surface area contributed by atoms with Crippen LogP contribution in [0.4, 0.5) is 0 Å². The largest absolute Gasteiger partial charge is 0.357 e. The molecule has 1 atom stereocenters. The third-order valence-electron chi connectivity index (χ3n) is 1.90. The molecule has 76 valence electrons. The number of carbonyl (C=O) groups excluding carboxylic acids is 2. The van der Waals surface area contributed by atoms with Crippen molar-refractivity contribution < 1.29 is 18.0 Å². The van der Waals surface area contributed by atoms with Crippen molar-refractivity contribution in [2.24, 2.45) is 0 Å². The Morgan fingerprint density at radius 2 is 2.29 bits per heavy atom. The highest BCUT2D eigenvalue weighted by atomic mass is 32.2. The molecule has 0 aromatic carbocycles. The van der Waals surface area contributed by atoms with E-state index in [1.54, 1.807) is 6.92 Å². The van der Waals surface area contributed by atoms with Gasteiger partial charge in [0.15, 0.2) is 5.78 Å². The maximum Gasteiger partial charge on any atom is 0.348 e. The predicted octanol–water partition coefficient (Wildman–Crippen LogP) is 1.02. The fourth-order valence-electron chi connectivity index (χ4n) is 1.03. The number of hydrogen-bond acceptors (Lipinski definition) is 4. The Morgan fingerprint density at radius 1 is 1.64 bits per heavy atom. The monoisotopic (exact) mass is 214 g/mol. The zero-order chi connectivity index (χ0) is 10.7. The molecule has 0 bridgehead atoms. The number of carbonyl (C=O) groups is 2. The standard InChI is InChI=1S/C9H10O4S/c1-3-7(10)4-5-8-6(2)9(11)13-14(8)12/h3H,1,4-5H2,2H3. The Kier molecular flexibility index (Phi) is 3.35. The Bertz CT molecular complexity index is 354. The number of allylic oxidation sites excluding steroid dienone is 2. The molecule has 0 fully saturated rings. The van der Waals surface area contributed by atoms with Crippen LogP contribution in [0, 0.1) is 0 Å². The summed E-state index contributed by atoms with van der Waals surface area (Å²) < 4.78 is 15.6. The van der Waals surface area contributed by atoms with Gasteiger partial charge in [0, 0.05) is 6.42 Å². The molecule has 0 radical (unpaired) electrons. The van der Waals surface area contributed by atoms with E-state index in [2.05, 4.69) is 10.8 Å². The van der Waals surface area contributed by atoms with Gasteiger partial charge in [0.1, 0.15) is 0 Å². The highest BCUT2D eigenvalue weighted by Gasteiger charge is 2.28. The fraction of sp³-hybridized carbons (Fsp3) is 0.333. The summed E-state index contributed by atoms with van der Waals surface area (Å²) in [7, 11) is 0. The van der Waals surface area contributed by atoms with Gasteiger partial charge in [0.25, 0.3) is 0 Å². The predicted molar refractivity (Wildman–Crippen MR) is 51.4 cm³/mol. The summed E-state index contributed by atoms with van der Waals surface area (Å²) in [5, 5.41) is 0. The molecule has 14 heavy (non-hydrogen) atoms. The van der Waals surface area contributed by atoms with Gasteiger partial charge in [-0.2, -0.15) is 0 Å². The van der Waals surface area contributed by atoms with Crippen LogP contribution < -0.4 is 0 Å². The molecule has 4 nitrogen and oxygen atoms in total. The lowest BCUT2D eigenvalue weighted by Crippen LogP contribution is -1.97. The van der Waals surface area contributed by atoms with Crippen molar-refractivity contribution in [2.75, 3.05) is 0 Å². The molecule has 1 unspecified atom stereocenters. The van der Waals surface area contributed by atoms with Gasteiger partial charge in [-0.1, -0.05) is 6.58 Å². The molecule has 0 saturated heterocycles. The molecule has 0 aromatic heterocycles. The summed E-state index contributed by atoms with van der Waals surface area (Å²) >= 11 is -1.70.